The van der Waals surface area contributed by atoms with Gasteiger partial charge in [-0.3, -0.25) is 4.79 Å². The SMILES string of the molecule is CCNC(=O)NCCOC(=O)[C@H]1C[C@H]1C. The summed E-state index contributed by atoms with van der Waals surface area (Å²) in [5, 5.41) is 5.17. The van der Waals surface area contributed by atoms with E-state index in [1.807, 2.05) is 13.8 Å². The lowest BCUT2D eigenvalue weighted by Gasteiger charge is -2.06. The largest absolute Gasteiger partial charge is 0.464 e. The number of hydrogen-bond acceptors (Lipinski definition) is 3. The van der Waals surface area contributed by atoms with Crippen LogP contribution in [0.1, 0.15) is 20.3 Å². The lowest BCUT2D eigenvalue weighted by atomic mass is 10.3. The molecule has 0 unspecified atom stereocenters. The van der Waals surface area contributed by atoms with Gasteiger partial charge in [0.1, 0.15) is 6.61 Å². The third kappa shape index (κ3) is 4.18. The molecule has 15 heavy (non-hydrogen) atoms. The Morgan fingerprint density at radius 1 is 1.40 bits per heavy atom. The summed E-state index contributed by atoms with van der Waals surface area (Å²) in [5.41, 5.74) is 0. The van der Waals surface area contributed by atoms with Crippen molar-refractivity contribution in [3.63, 3.8) is 0 Å². The zero-order chi connectivity index (χ0) is 11.3. The highest BCUT2D eigenvalue weighted by Crippen LogP contribution is 2.38. The molecule has 0 aliphatic heterocycles. The lowest BCUT2D eigenvalue weighted by molar-refractivity contribution is -0.145. The maximum atomic E-state index is 11.2. The fraction of sp³-hybridized carbons (Fsp3) is 0.800. The molecule has 2 amide bonds. The number of nitrogens with one attached hydrogen (secondary N) is 2. The number of esters is 1. The smallest absolute Gasteiger partial charge is 0.314 e. The van der Waals surface area contributed by atoms with Crippen molar-refractivity contribution in [2.45, 2.75) is 20.3 Å². The van der Waals surface area contributed by atoms with Crippen LogP contribution in [0.3, 0.4) is 0 Å². The van der Waals surface area contributed by atoms with Gasteiger partial charge in [0.15, 0.2) is 0 Å². The molecule has 1 fully saturated rings. The van der Waals surface area contributed by atoms with E-state index in [2.05, 4.69) is 10.6 Å². The van der Waals surface area contributed by atoms with Crippen molar-refractivity contribution >= 4 is 12.0 Å². The molecule has 86 valence electrons. The Hall–Kier alpha value is -1.26. The van der Waals surface area contributed by atoms with Crippen LogP contribution in [0.15, 0.2) is 0 Å². The van der Waals surface area contributed by atoms with Crippen LogP contribution in [-0.4, -0.2) is 31.7 Å². The maximum absolute atomic E-state index is 11.2. The molecule has 0 radical (unpaired) electrons. The molecular formula is C10H18N2O3. The zero-order valence-corrected chi connectivity index (χ0v) is 9.21. The molecule has 0 spiro atoms. The molecule has 2 atom stereocenters. The van der Waals surface area contributed by atoms with Crippen LogP contribution in [0.4, 0.5) is 4.79 Å². The van der Waals surface area contributed by atoms with Crippen LogP contribution in [0.5, 0.6) is 0 Å². The molecule has 0 aromatic heterocycles. The fourth-order valence-corrected chi connectivity index (χ4v) is 1.30. The fourth-order valence-electron chi connectivity index (χ4n) is 1.30. The monoisotopic (exact) mass is 214 g/mol. The van der Waals surface area contributed by atoms with Crippen LogP contribution in [-0.2, 0) is 9.53 Å². The maximum Gasteiger partial charge on any atom is 0.314 e. The van der Waals surface area contributed by atoms with E-state index in [9.17, 15) is 9.59 Å². The zero-order valence-electron chi connectivity index (χ0n) is 9.21. The van der Waals surface area contributed by atoms with Crippen molar-refractivity contribution in [1.29, 1.82) is 0 Å². The van der Waals surface area contributed by atoms with E-state index in [0.717, 1.165) is 6.42 Å². The molecule has 0 saturated heterocycles. The minimum Gasteiger partial charge on any atom is -0.464 e. The highest BCUT2D eigenvalue weighted by Gasteiger charge is 2.40. The van der Waals surface area contributed by atoms with Gasteiger partial charge in [0.05, 0.1) is 12.5 Å². The van der Waals surface area contributed by atoms with Crippen LogP contribution < -0.4 is 10.6 Å². The van der Waals surface area contributed by atoms with Crippen LogP contribution in [0.25, 0.3) is 0 Å². The predicted octanol–water partition coefficient (Wildman–Crippen LogP) is 0.505. The number of urea groups is 1. The summed E-state index contributed by atoms with van der Waals surface area (Å²) in [6.45, 7) is 5.07. The Morgan fingerprint density at radius 2 is 2.07 bits per heavy atom. The summed E-state index contributed by atoms with van der Waals surface area (Å²) in [5.74, 6) is 0.420. The summed E-state index contributed by atoms with van der Waals surface area (Å²) < 4.78 is 4.98. The topological polar surface area (TPSA) is 67.4 Å². The predicted molar refractivity (Wildman–Crippen MR) is 55.3 cm³/mol. The first-order valence-corrected chi connectivity index (χ1v) is 5.33. The molecule has 0 heterocycles. The second-order valence-electron chi connectivity index (χ2n) is 3.77. The Morgan fingerprint density at radius 3 is 2.60 bits per heavy atom. The van der Waals surface area contributed by atoms with E-state index in [1.165, 1.54) is 0 Å². The van der Waals surface area contributed by atoms with Gasteiger partial charge in [-0.2, -0.15) is 0 Å². The first kappa shape index (κ1) is 11.8. The number of carbonyl (C=O) groups excluding carboxylic acids is 2. The van der Waals surface area contributed by atoms with Crippen molar-refractivity contribution in [2.75, 3.05) is 19.7 Å². The normalized spacial score (nSPS) is 23.1. The van der Waals surface area contributed by atoms with Crippen molar-refractivity contribution in [1.82, 2.24) is 10.6 Å². The van der Waals surface area contributed by atoms with Crippen molar-refractivity contribution in [3.05, 3.63) is 0 Å². The number of ether oxygens (including phenoxy) is 1. The van der Waals surface area contributed by atoms with E-state index in [4.69, 9.17) is 4.74 Å². The minimum atomic E-state index is -0.228. The van der Waals surface area contributed by atoms with Crippen molar-refractivity contribution in [2.24, 2.45) is 11.8 Å². The third-order valence-electron chi connectivity index (χ3n) is 2.38. The van der Waals surface area contributed by atoms with E-state index in [-0.39, 0.29) is 24.5 Å². The van der Waals surface area contributed by atoms with Crippen LogP contribution >= 0.6 is 0 Å². The summed E-state index contributed by atoms with van der Waals surface area (Å²) >= 11 is 0. The molecular weight excluding hydrogens is 196 g/mol. The van der Waals surface area contributed by atoms with Gasteiger partial charge in [-0.1, -0.05) is 6.92 Å². The van der Waals surface area contributed by atoms with Gasteiger partial charge in [0, 0.05) is 6.54 Å². The molecule has 2 N–H and O–H groups in total. The quantitative estimate of drug-likeness (QED) is 0.517. The van der Waals surface area contributed by atoms with Gasteiger partial charge in [0.25, 0.3) is 0 Å². The van der Waals surface area contributed by atoms with Gasteiger partial charge in [-0.05, 0) is 19.3 Å². The first-order valence-electron chi connectivity index (χ1n) is 5.33. The average Bonchev–Trinajstić information content (AvgIpc) is 2.90. The second kappa shape index (κ2) is 5.58. The van der Waals surface area contributed by atoms with Gasteiger partial charge in [-0.15, -0.1) is 0 Å². The van der Waals surface area contributed by atoms with Gasteiger partial charge in [0.2, 0.25) is 0 Å². The number of amides is 2. The van der Waals surface area contributed by atoms with Gasteiger partial charge < -0.3 is 15.4 Å². The van der Waals surface area contributed by atoms with E-state index < -0.39 is 0 Å². The highest BCUT2D eigenvalue weighted by molar-refractivity contribution is 5.76. The van der Waals surface area contributed by atoms with Gasteiger partial charge >= 0.3 is 12.0 Å². The Labute approximate surface area is 89.6 Å². The number of carbonyl (C=O) groups is 2. The summed E-state index contributed by atoms with van der Waals surface area (Å²) in [7, 11) is 0. The Kier molecular flexibility index (Phi) is 4.39. The second-order valence-corrected chi connectivity index (χ2v) is 3.77. The average molecular weight is 214 g/mol. The molecule has 1 rings (SSSR count). The van der Waals surface area contributed by atoms with E-state index >= 15 is 0 Å². The number of rotatable bonds is 5. The molecule has 1 aliphatic rings. The minimum absolute atomic E-state index is 0.0921. The molecule has 5 heteroatoms. The molecule has 0 aromatic rings. The third-order valence-corrected chi connectivity index (χ3v) is 2.38. The van der Waals surface area contributed by atoms with Crippen LogP contribution in [0.2, 0.25) is 0 Å². The van der Waals surface area contributed by atoms with Crippen molar-refractivity contribution in [3.8, 4) is 0 Å². The Balaban J connectivity index is 1.97. The van der Waals surface area contributed by atoms with E-state index in [1.54, 1.807) is 0 Å². The molecule has 0 bridgehead atoms. The Bertz CT molecular complexity index is 243. The summed E-state index contributed by atoms with van der Waals surface area (Å²) in [4.78, 5) is 22.2. The first-order chi connectivity index (χ1) is 7.15. The molecule has 1 aliphatic carbocycles. The highest BCUT2D eigenvalue weighted by atomic mass is 16.5. The summed E-state index contributed by atoms with van der Waals surface area (Å²) in [6, 6.07) is -0.228. The molecule has 1 saturated carbocycles. The molecule has 5 nitrogen and oxygen atoms in total. The standard InChI is InChI=1S/C10H18N2O3/c1-3-11-10(14)12-4-5-15-9(13)8-6-7(8)2/h7-8H,3-6H2,1-2H3,(H2,11,12,14)/t7-,8+/m1/s1. The van der Waals surface area contributed by atoms with E-state index in [0.29, 0.717) is 19.0 Å². The van der Waals surface area contributed by atoms with Crippen LogP contribution in [0, 0.1) is 11.8 Å². The molecule has 0 aromatic carbocycles. The van der Waals surface area contributed by atoms with Gasteiger partial charge in [-0.25, -0.2) is 4.79 Å². The lowest BCUT2D eigenvalue weighted by Crippen LogP contribution is -2.37. The summed E-state index contributed by atoms with van der Waals surface area (Å²) in [6.07, 6.45) is 0.933. The number of hydrogen-bond donors (Lipinski definition) is 2. The van der Waals surface area contributed by atoms with Crippen molar-refractivity contribution < 1.29 is 14.3 Å².